The molecule has 2 atom stereocenters. The van der Waals surface area contributed by atoms with Crippen molar-refractivity contribution in [3.05, 3.63) is 18.0 Å². The van der Waals surface area contributed by atoms with Crippen LogP contribution in [-0.4, -0.2) is 22.0 Å². The Morgan fingerprint density at radius 1 is 1.64 bits per heavy atom. The molecule has 0 aromatic carbocycles. The Kier molecular flexibility index (Phi) is 3.08. The molecule has 2 heterocycles. The van der Waals surface area contributed by atoms with Crippen molar-refractivity contribution in [2.75, 3.05) is 0 Å². The second-order valence-electron chi connectivity index (χ2n) is 3.85. The molecule has 1 aliphatic heterocycles. The highest BCUT2D eigenvalue weighted by molar-refractivity contribution is 6.17. The van der Waals surface area contributed by atoms with Gasteiger partial charge in [-0.3, -0.25) is 4.68 Å². The van der Waals surface area contributed by atoms with Gasteiger partial charge in [-0.25, -0.2) is 0 Å². The van der Waals surface area contributed by atoms with Crippen molar-refractivity contribution in [1.29, 1.82) is 0 Å². The van der Waals surface area contributed by atoms with E-state index in [1.54, 1.807) is 0 Å². The van der Waals surface area contributed by atoms with E-state index >= 15 is 0 Å². The summed E-state index contributed by atoms with van der Waals surface area (Å²) in [6.45, 7) is 2.97. The van der Waals surface area contributed by atoms with Gasteiger partial charge in [0, 0.05) is 11.8 Å². The van der Waals surface area contributed by atoms with E-state index in [0.29, 0.717) is 18.1 Å². The van der Waals surface area contributed by atoms with Gasteiger partial charge in [0.2, 0.25) is 0 Å². The van der Waals surface area contributed by atoms with Crippen molar-refractivity contribution in [3.8, 4) is 0 Å². The van der Waals surface area contributed by atoms with Gasteiger partial charge in [0.25, 0.3) is 0 Å². The van der Waals surface area contributed by atoms with Crippen LogP contribution in [0.3, 0.4) is 0 Å². The van der Waals surface area contributed by atoms with Crippen molar-refractivity contribution in [1.82, 2.24) is 9.78 Å². The number of aromatic nitrogens is 2. The first-order valence-electron chi connectivity index (χ1n) is 5.00. The summed E-state index contributed by atoms with van der Waals surface area (Å²) in [7, 11) is 0. The van der Waals surface area contributed by atoms with Gasteiger partial charge >= 0.3 is 0 Å². The van der Waals surface area contributed by atoms with Gasteiger partial charge in [-0.2, -0.15) is 5.10 Å². The maximum Gasteiger partial charge on any atom is 0.0775 e. The Labute approximate surface area is 89.0 Å². The van der Waals surface area contributed by atoms with Crippen LogP contribution in [0.1, 0.15) is 25.3 Å². The molecule has 0 amide bonds. The van der Waals surface area contributed by atoms with E-state index in [9.17, 15) is 0 Å². The third-order valence-electron chi connectivity index (χ3n) is 2.55. The molecule has 14 heavy (non-hydrogen) atoms. The Morgan fingerprint density at radius 2 is 2.50 bits per heavy atom. The zero-order valence-electron chi connectivity index (χ0n) is 8.32. The molecule has 0 N–H and O–H groups in total. The summed E-state index contributed by atoms with van der Waals surface area (Å²) >= 11 is 5.70. The average molecular weight is 215 g/mol. The summed E-state index contributed by atoms with van der Waals surface area (Å²) in [6, 6.07) is 0. The molecule has 1 aromatic heterocycles. The van der Waals surface area contributed by atoms with E-state index < -0.39 is 0 Å². The molecule has 2 unspecified atom stereocenters. The van der Waals surface area contributed by atoms with Crippen LogP contribution in [-0.2, 0) is 17.2 Å². The lowest BCUT2D eigenvalue weighted by molar-refractivity contribution is 0.0437. The molecule has 0 saturated carbocycles. The highest BCUT2D eigenvalue weighted by atomic mass is 35.5. The fourth-order valence-electron chi connectivity index (χ4n) is 1.80. The van der Waals surface area contributed by atoms with Crippen molar-refractivity contribution in [3.63, 3.8) is 0 Å². The van der Waals surface area contributed by atoms with Gasteiger partial charge in [0.05, 0.1) is 30.8 Å². The number of hydrogen-bond acceptors (Lipinski definition) is 2. The molecular weight excluding hydrogens is 200 g/mol. The maximum absolute atomic E-state index is 5.71. The molecule has 3 nitrogen and oxygen atoms in total. The van der Waals surface area contributed by atoms with Crippen LogP contribution in [0.4, 0.5) is 0 Å². The summed E-state index contributed by atoms with van der Waals surface area (Å²) < 4.78 is 7.63. The summed E-state index contributed by atoms with van der Waals surface area (Å²) in [6.07, 6.45) is 6.83. The SMILES string of the molecule is CC1CCC(Cn2cc(CCl)cn2)O1. The normalized spacial score (nSPS) is 27.0. The molecule has 4 heteroatoms. The van der Waals surface area contributed by atoms with Gasteiger partial charge in [-0.1, -0.05) is 0 Å². The van der Waals surface area contributed by atoms with E-state index in [-0.39, 0.29) is 0 Å². The van der Waals surface area contributed by atoms with Crippen molar-refractivity contribution < 1.29 is 4.74 Å². The zero-order valence-corrected chi connectivity index (χ0v) is 9.07. The minimum absolute atomic E-state index is 0.327. The largest absolute Gasteiger partial charge is 0.373 e. The van der Waals surface area contributed by atoms with Crippen LogP contribution in [0, 0.1) is 0 Å². The van der Waals surface area contributed by atoms with Gasteiger partial charge < -0.3 is 4.74 Å². The molecule has 78 valence electrons. The number of rotatable bonds is 3. The Hall–Kier alpha value is -0.540. The predicted octanol–water partition coefficient (Wildman–Crippen LogP) is 2.19. The lowest BCUT2D eigenvalue weighted by atomic mass is 10.2. The number of hydrogen-bond donors (Lipinski definition) is 0. The third kappa shape index (κ3) is 2.28. The summed E-state index contributed by atoms with van der Waals surface area (Å²) in [4.78, 5) is 0. The quantitative estimate of drug-likeness (QED) is 0.722. The molecule has 1 aromatic rings. The average Bonchev–Trinajstić information content (AvgIpc) is 2.76. The molecular formula is C10H15ClN2O. The monoisotopic (exact) mass is 214 g/mol. The van der Waals surface area contributed by atoms with Crippen LogP contribution >= 0.6 is 11.6 Å². The Bertz CT molecular complexity index is 300. The lowest BCUT2D eigenvalue weighted by Gasteiger charge is -2.10. The first-order valence-corrected chi connectivity index (χ1v) is 5.54. The van der Waals surface area contributed by atoms with Gasteiger partial charge in [0.1, 0.15) is 0 Å². The fourth-order valence-corrected chi connectivity index (χ4v) is 1.94. The second kappa shape index (κ2) is 4.32. The second-order valence-corrected chi connectivity index (χ2v) is 4.12. The highest BCUT2D eigenvalue weighted by Crippen LogP contribution is 2.20. The number of halogens is 1. The van der Waals surface area contributed by atoms with Crippen LogP contribution in [0.15, 0.2) is 12.4 Å². The van der Waals surface area contributed by atoms with E-state index in [1.807, 2.05) is 17.1 Å². The first-order chi connectivity index (χ1) is 6.78. The molecule has 0 aliphatic carbocycles. The van der Waals surface area contributed by atoms with E-state index in [2.05, 4.69) is 12.0 Å². The first kappa shape index (κ1) is 9.99. The van der Waals surface area contributed by atoms with Gasteiger partial charge in [0.15, 0.2) is 0 Å². The number of ether oxygens (including phenoxy) is 1. The third-order valence-corrected chi connectivity index (χ3v) is 2.86. The molecule has 2 rings (SSSR count). The molecule has 0 bridgehead atoms. The predicted molar refractivity (Wildman–Crippen MR) is 55.4 cm³/mol. The van der Waals surface area contributed by atoms with Crippen LogP contribution < -0.4 is 0 Å². The molecule has 1 saturated heterocycles. The summed E-state index contributed by atoms with van der Waals surface area (Å²) in [5.41, 5.74) is 1.07. The number of nitrogens with zero attached hydrogens (tertiary/aromatic N) is 2. The number of alkyl halides is 1. The van der Waals surface area contributed by atoms with E-state index in [4.69, 9.17) is 16.3 Å². The van der Waals surface area contributed by atoms with E-state index in [1.165, 1.54) is 0 Å². The molecule has 1 fully saturated rings. The fraction of sp³-hybridized carbons (Fsp3) is 0.700. The molecule has 1 aliphatic rings. The van der Waals surface area contributed by atoms with Gasteiger partial charge in [-0.05, 0) is 19.8 Å². The minimum Gasteiger partial charge on any atom is -0.373 e. The van der Waals surface area contributed by atoms with Crippen LogP contribution in [0.25, 0.3) is 0 Å². The summed E-state index contributed by atoms with van der Waals surface area (Å²) in [5, 5.41) is 4.23. The van der Waals surface area contributed by atoms with Crippen molar-refractivity contribution in [2.24, 2.45) is 0 Å². The Balaban J connectivity index is 1.90. The smallest absolute Gasteiger partial charge is 0.0775 e. The van der Waals surface area contributed by atoms with E-state index in [0.717, 1.165) is 24.9 Å². The van der Waals surface area contributed by atoms with Crippen LogP contribution in [0.5, 0.6) is 0 Å². The van der Waals surface area contributed by atoms with Crippen molar-refractivity contribution >= 4 is 11.6 Å². The minimum atomic E-state index is 0.327. The zero-order chi connectivity index (χ0) is 9.97. The highest BCUT2D eigenvalue weighted by Gasteiger charge is 2.22. The maximum atomic E-state index is 5.71. The lowest BCUT2D eigenvalue weighted by Crippen LogP contribution is -2.16. The van der Waals surface area contributed by atoms with Crippen molar-refractivity contribution in [2.45, 2.75) is 44.4 Å². The Morgan fingerprint density at radius 3 is 3.07 bits per heavy atom. The molecule has 0 radical (unpaired) electrons. The van der Waals surface area contributed by atoms with Gasteiger partial charge in [-0.15, -0.1) is 11.6 Å². The molecule has 0 spiro atoms. The standard InChI is InChI=1S/C10H15ClN2O/c1-8-2-3-10(14-8)7-13-6-9(4-11)5-12-13/h5-6,8,10H,2-4,7H2,1H3. The van der Waals surface area contributed by atoms with Crippen LogP contribution in [0.2, 0.25) is 0 Å². The topological polar surface area (TPSA) is 27.1 Å². The summed E-state index contributed by atoms with van der Waals surface area (Å²) in [5.74, 6) is 0.530.